The van der Waals surface area contributed by atoms with Crippen LogP contribution in [0.15, 0.2) is 18.2 Å². The molecule has 17 heavy (non-hydrogen) atoms. The minimum Gasteiger partial charge on any atom is -0.493 e. The topological polar surface area (TPSA) is 38.7 Å². The molecule has 3 nitrogen and oxygen atoms in total. The summed E-state index contributed by atoms with van der Waals surface area (Å²) in [5.41, 5.74) is 0.905. The van der Waals surface area contributed by atoms with Gasteiger partial charge >= 0.3 is 0 Å². The summed E-state index contributed by atoms with van der Waals surface area (Å²) in [4.78, 5) is 0. The summed E-state index contributed by atoms with van der Waals surface area (Å²) in [5, 5.41) is 10.6. The highest BCUT2D eigenvalue weighted by Crippen LogP contribution is 2.38. The molecule has 1 aromatic rings. The molecule has 1 aliphatic rings. The molecule has 2 rings (SSSR count). The molecule has 94 valence electrons. The van der Waals surface area contributed by atoms with Crippen molar-refractivity contribution in [3.8, 4) is 11.5 Å². The van der Waals surface area contributed by atoms with Crippen LogP contribution in [0.1, 0.15) is 24.5 Å². The smallest absolute Gasteiger partial charge is 0.161 e. The molecule has 0 saturated carbocycles. The Kier molecular flexibility index (Phi) is 4.18. The highest BCUT2D eigenvalue weighted by atomic mass is 32.2. The van der Waals surface area contributed by atoms with E-state index in [1.807, 2.05) is 30.0 Å². The zero-order chi connectivity index (χ0) is 12.3. The first-order valence-electron chi connectivity index (χ1n) is 5.78. The quantitative estimate of drug-likeness (QED) is 0.896. The van der Waals surface area contributed by atoms with Gasteiger partial charge in [-0.3, -0.25) is 0 Å². The van der Waals surface area contributed by atoms with Gasteiger partial charge in [0.15, 0.2) is 11.5 Å². The second-order valence-electron chi connectivity index (χ2n) is 4.11. The Bertz CT molecular complexity index is 375. The number of ether oxygens (including phenoxy) is 2. The van der Waals surface area contributed by atoms with E-state index in [2.05, 4.69) is 0 Å². The molecule has 0 spiro atoms. The van der Waals surface area contributed by atoms with Crippen molar-refractivity contribution in [2.45, 2.75) is 24.2 Å². The van der Waals surface area contributed by atoms with Gasteiger partial charge in [0.25, 0.3) is 0 Å². The van der Waals surface area contributed by atoms with Gasteiger partial charge in [-0.25, -0.2) is 0 Å². The fraction of sp³-hybridized carbons (Fsp3) is 0.538. The van der Waals surface area contributed by atoms with Crippen LogP contribution in [0.25, 0.3) is 0 Å². The standard InChI is InChI=1S/C13H18O3S/c1-15-10-6-5-9(8-11(10)16-2)13(14)12-4-3-7-17-12/h5-6,8,12-14H,3-4,7H2,1-2H3. The lowest BCUT2D eigenvalue weighted by atomic mass is 10.0. The van der Waals surface area contributed by atoms with E-state index in [4.69, 9.17) is 9.47 Å². The third-order valence-electron chi connectivity index (χ3n) is 3.07. The van der Waals surface area contributed by atoms with Crippen molar-refractivity contribution in [1.29, 1.82) is 0 Å². The van der Waals surface area contributed by atoms with Crippen LogP contribution in [0.2, 0.25) is 0 Å². The lowest BCUT2D eigenvalue weighted by Gasteiger charge is -2.18. The lowest BCUT2D eigenvalue weighted by molar-refractivity contribution is 0.172. The van der Waals surface area contributed by atoms with Gasteiger partial charge < -0.3 is 14.6 Å². The van der Waals surface area contributed by atoms with Gasteiger partial charge in [0.05, 0.1) is 20.3 Å². The van der Waals surface area contributed by atoms with Gasteiger partial charge in [-0.05, 0) is 36.3 Å². The van der Waals surface area contributed by atoms with Gasteiger partial charge in [0, 0.05) is 5.25 Å². The predicted molar refractivity (Wildman–Crippen MR) is 70.0 cm³/mol. The molecule has 0 aromatic heterocycles. The summed E-state index contributed by atoms with van der Waals surface area (Å²) in [6.45, 7) is 0. The monoisotopic (exact) mass is 254 g/mol. The first-order valence-corrected chi connectivity index (χ1v) is 6.82. The van der Waals surface area contributed by atoms with E-state index in [0.717, 1.165) is 17.7 Å². The summed E-state index contributed by atoms with van der Waals surface area (Å²) in [6.07, 6.45) is 1.86. The zero-order valence-electron chi connectivity index (χ0n) is 10.2. The van der Waals surface area contributed by atoms with E-state index >= 15 is 0 Å². The molecule has 1 heterocycles. The van der Waals surface area contributed by atoms with Crippen LogP contribution in [0, 0.1) is 0 Å². The molecular weight excluding hydrogens is 236 g/mol. The van der Waals surface area contributed by atoms with Crippen LogP contribution < -0.4 is 9.47 Å². The van der Waals surface area contributed by atoms with E-state index < -0.39 is 6.10 Å². The maximum absolute atomic E-state index is 10.3. The van der Waals surface area contributed by atoms with Gasteiger partial charge in [0.2, 0.25) is 0 Å². The average Bonchev–Trinajstić information content (AvgIpc) is 2.90. The van der Waals surface area contributed by atoms with Gasteiger partial charge in [-0.1, -0.05) is 6.07 Å². The van der Waals surface area contributed by atoms with Crippen molar-refractivity contribution in [3.63, 3.8) is 0 Å². The predicted octanol–water partition coefficient (Wildman–Crippen LogP) is 2.63. The van der Waals surface area contributed by atoms with Crippen molar-refractivity contribution in [1.82, 2.24) is 0 Å². The molecule has 1 aliphatic heterocycles. The summed E-state index contributed by atoms with van der Waals surface area (Å²) in [7, 11) is 3.22. The van der Waals surface area contributed by atoms with Crippen LogP contribution in [0.3, 0.4) is 0 Å². The number of hydrogen-bond donors (Lipinski definition) is 1. The van der Waals surface area contributed by atoms with E-state index in [-0.39, 0.29) is 0 Å². The first-order chi connectivity index (χ1) is 8.26. The minimum absolute atomic E-state index is 0.313. The molecule has 0 bridgehead atoms. The highest BCUT2D eigenvalue weighted by Gasteiger charge is 2.25. The number of aliphatic hydroxyl groups is 1. The summed E-state index contributed by atoms with van der Waals surface area (Å²) >= 11 is 1.85. The SMILES string of the molecule is COc1ccc(C(O)C2CCCS2)cc1OC. The molecule has 1 aromatic carbocycles. The molecular formula is C13H18O3S. The minimum atomic E-state index is -0.415. The van der Waals surface area contributed by atoms with Crippen LogP contribution in [-0.4, -0.2) is 30.3 Å². The normalized spacial score (nSPS) is 21.2. The fourth-order valence-electron chi connectivity index (χ4n) is 2.10. The fourth-order valence-corrected chi connectivity index (χ4v) is 3.41. The van der Waals surface area contributed by atoms with Gasteiger partial charge in [-0.15, -0.1) is 0 Å². The third kappa shape index (κ3) is 2.69. The molecule has 0 radical (unpaired) electrons. The van der Waals surface area contributed by atoms with Crippen molar-refractivity contribution in [2.75, 3.05) is 20.0 Å². The summed E-state index contributed by atoms with van der Waals surface area (Å²) in [5.74, 6) is 2.52. The maximum atomic E-state index is 10.3. The number of hydrogen-bond acceptors (Lipinski definition) is 4. The Morgan fingerprint density at radius 3 is 2.65 bits per heavy atom. The van der Waals surface area contributed by atoms with Crippen LogP contribution >= 0.6 is 11.8 Å². The maximum Gasteiger partial charge on any atom is 0.161 e. The Morgan fingerprint density at radius 1 is 1.29 bits per heavy atom. The van der Waals surface area contributed by atoms with Gasteiger partial charge in [-0.2, -0.15) is 11.8 Å². The highest BCUT2D eigenvalue weighted by molar-refractivity contribution is 8.00. The molecule has 4 heteroatoms. The molecule has 0 aliphatic carbocycles. The number of benzene rings is 1. The molecule has 0 amide bonds. The largest absolute Gasteiger partial charge is 0.493 e. The lowest BCUT2D eigenvalue weighted by Crippen LogP contribution is -2.11. The van der Waals surface area contributed by atoms with Crippen LogP contribution in [-0.2, 0) is 0 Å². The van der Waals surface area contributed by atoms with Crippen molar-refractivity contribution in [3.05, 3.63) is 23.8 Å². The average molecular weight is 254 g/mol. The van der Waals surface area contributed by atoms with Crippen molar-refractivity contribution in [2.24, 2.45) is 0 Å². The van der Waals surface area contributed by atoms with E-state index in [0.29, 0.717) is 16.7 Å². The van der Waals surface area contributed by atoms with Gasteiger partial charge in [0.1, 0.15) is 0 Å². The molecule has 2 atom stereocenters. The molecule has 1 N–H and O–H groups in total. The van der Waals surface area contributed by atoms with E-state index in [9.17, 15) is 5.11 Å². The number of methoxy groups -OCH3 is 2. The second-order valence-corrected chi connectivity index (χ2v) is 5.46. The molecule has 1 saturated heterocycles. The third-order valence-corrected chi connectivity index (χ3v) is 4.51. The summed E-state index contributed by atoms with van der Waals surface area (Å²) in [6, 6.07) is 5.62. The van der Waals surface area contributed by atoms with E-state index in [1.165, 1.54) is 6.42 Å². The zero-order valence-corrected chi connectivity index (χ0v) is 11.0. The van der Waals surface area contributed by atoms with E-state index in [1.54, 1.807) is 14.2 Å². The summed E-state index contributed by atoms with van der Waals surface area (Å²) < 4.78 is 10.4. The van der Waals surface area contributed by atoms with Crippen molar-refractivity contribution < 1.29 is 14.6 Å². The Morgan fingerprint density at radius 2 is 2.06 bits per heavy atom. The first kappa shape index (κ1) is 12.6. The number of aliphatic hydroxyl groups excluding tert-OH is 1. The molecule has 1 fully saturated rings. The second kappa shape index (κ2) is 5.65. The number of rotatable bonds is 4. The molecule has 2 unspecified atom stereocenters. The van der Waals surface area contributed by atoms with Crippen LogP contribution in [0.5, 0.6) is 11.5 Å². The Labute approximate surface area is 106 Å². The Hall–Kier alpha value is -0.870. The van der Waals surface area contributed by atoms with Crippen molar-refractivity contribution >= 4 is 11.8 Å². The number of thioether (sulfide) groups is 1. The van der Waals surface area contributed by atoms with Crippen LogP contribution in [0.4, 0.5) is 0 Å². The Balaban J connectivity index is 2.20.